The number of aromatic nitrogens is 3. The Kier molecular flexibility index (Phi) is 9.03. The number of nitrogens with zero attached hydrogens (tertiary/aromatic N) is 4. The first-order valence-corrected chi connectivity index (χ1v) is 17.8. The standard InChI is InChI=1S/C38H48N8O4/c1-24-18-26(19-29-22-40-43-33(24)29)20-32(36(49)46-17-12-38(23-46)10-15-44(16-11-38)35(48)25(2)39-3)42-37(50)45-13-8-27(9-14-45)30-21-28-6-4-5-7-31(28)41-34(30)47/h4-7,18-19,21-22,25,27,32,39H,8-17,20,23H2,1-3H3,(H,40,43)(H,41,47)(H,42,50)/t25-,32+/m0/s1/i3D. The molecule has 2 aromatic heterocycles. The summed E-state index contributed by atoms with van der Waals surface area (Å²) in [6.45, 7) is 7.27. The molecule has 3 aliphatic rings. The molecule has 0 unspecified atom stereocenters. The van der Waals surface area contributed by atoms with Gasteiger partial charge in [-0.2, -0.15) is 5.10 Å². The van der Waals surface area contributed by atoms with Crippen molar-refractivity contribution >= 4 is 39.7 Å². The Bertz CT molecular complexity index is 1980. The van der Waals surface area contributed by atoms with Gasteiger partial charge in [0.05, 0.1) is 17.8 Å². The lowest BCUT2D eigenvalue weighted by atomic mass is 9.77. The number of likely N-dealkylation sites (tertiary alicyclic amines) is 3. The summed E-state index contributed by atoms with van der Waals surface area (Å²) in [4.78, 5) is 62.6. The maximum absolute atomic E-state index is 14.4. The lowest BCUT2D eigenvalue weighted by molar-refractivity contribution is -0.136. The van der Waals surface area contributed by atoms with Crippen LogP contribution in [0.5, 0.6) is 0 Å². The summed E-state index contributed by atoms with van der Waals surface area (Å²) in [6.07, 6.45) is 5.95. The van der Waals surface area contributed by atoms with Crippen LogP contribution in [0.1, 0.15) is 63.0 Å². The Morgan fingerprint density at radius 2 is 1.72 bits per heavy atom. The Morgan fingerprint density at radius 3 is 2.48 bits per heavy atom. The van der Waals surface area contributed by atoms with E-state index in [0.29, 0.717) is 58.5 Å². The Hall–Kier alpha value is -4.71. The average Bonchev–Trinajstić information content (AvgIpc) is 3.79. The van der Waals surface area contributed by atoms with Gasteiger partial charge in [0.25, 0.3) is 5.56 Å². The number of pyridine rings is 1. The van der Waals surface area contributed by atoms with E-state index >= 15 is 0 Å². The average molecular weight is 682 g/mol. The first-order valence-electron chi connectivity index (χ1n) is 18.5. The number of para-hydroxylation sites is 1. The van der Waals surface area contributed by atoms with Gasteiger partial charge in [0.2, 0.25) is 11.8 Å². The van der Waals surface area contributed by atoms with Gasteiger partial charge in [-0.1, -0.05) is 24.3 Å². The number of aromatic amines is 2. The lowest BCUT2D eigenvalue weighted by Gasteiger charge is -2.40. The van der Waals surface area contributed by atoms with Crippen LogP contribution in [-0.4, -0.2) is 106 Å². The van der Waals surface area contributed by atoms with E-state index in [2.05, 4.69) is 25.8 Å². The summed E-state index contributed by atoms with van der Waals surface area (Å²) in [5.74, 6) is -0.0255. The van der Waals surface area contributed by atoms with E-state index in [-0.39, 0.29) is 47.8 Å². The zero-order valence-electron chi connectivity index (χ0n) is 30.0. The second kappa shape index (κ2) is 13.9. The first-order chi connectivity index (χ1) is 24.6. The predicted octanol–water partition coefficient (Wildman–Crippen LogP) is 3.66. The van der Waals surface area contributed by atoms with Crippen molar-refractivity contribution < 1.29 is 15.8 Å². The van der Waals surface area contributed by atoms with Crippen LogP contribution in [0.15, 0.2) is 53.5 Å². The number of nitrogens with one attached hydrogen (secondary N) is 4. The molecule has 4 aromatic rings. The molecule has 12 heteroatoms. The highest BCUT2D eigenvalue weighted by Gasteiger charge is 2.44. The Morgan fingerprint density at radius 1 is 0.980 bits per heavy atom. The van der Waals surface area contributed by atoms with Gasteiger partial charge < -0.3 is 30.3 Å². The van der Waals surface area contributed by atoms with Crippen molar-refractivity contribution in [3.05, 3.63) is 75.7 Å². The van der Waals surface area contributed by atoms with E-state index in [1.807, 2.05) is 59.2 Å². The fourth-order valence-corrected chi connectivity index (χ4v) is 8.28. The molecule has 3 saturated heterocycles. The van der Waals surface area contributed by atoms with Crippen molar-refractivity contribution in [3.63, 3.8) is 0 Å². The third-order valence-electron chi connectivity index (χ3n) is 11.4. The summed E-state index contributed by atoms with van der Waals surface area (Å²) in [7, 11) is -0.000307. The fourth-order valence-electron chi connectivity index (χ4n) is 8.28. The summed E-state index contributed by atoms with van der Waals surface area (Å²) < 4.78 is 7.38. The van der Waals surface area contributed by atoms with Crippen LogP contribution in [0.2, 0.25) is 0 Å². The van der Waals surface area contributed by atoms with Crippen LogP contribution in [-0.2, 0) is 16.0 Å². The number of carbonyl (C=O) groups excluding carboxylic acids is 3. The van der Waals surface area contributed by atoms with Gasteiger partial charge in [-0.05, 0) is 99.0 Å². The molecule has 50 heavy (non-hydrogen) atoms. The topological polar surface area (TPSA) is 147 Å². The molecule has 2 atom stereocenters. The number of H-pyrrole nitrogens is 2. The Labute approximate surface area is 293 Å². The fraction of sp³-hybridized carbons (Fsp3) is 0.500. The van der Waals surface area contributed by atoms with Crippen molar-refractivity contribution in [2.24, 2.45) is 5.41 Å². The van der Waals surface area contributed by atoms with Crippen LogP contribution in [0, 0.1) is 12.3 Å². The van der Waals surface area contributed by atoms with Gasteiger partial charge in [0.15, 0.2) is 0 Å². The predicted molar refractivity (Wildman–Crippen MR) is 193 cm³/mol. The number of urea groups is 1. The van der Waals surface area contributed by atoms with Crippen molar-refractivity contribution in [3.8, 4) is 0 Å². The van der Waals surface area contributed by atoms with Gasteiger partial charge in [0.1, 0.15) is 6.04 Å². The minimum absolute atomic E-state index is 0.000307. The smallest absolute Gasteiger partial charge is 0.318 e. The molecule has 1 spiro atoms. The largest absolute Gasteiger partial charge is 0.341 e. The van der Waals surface area contributed by atoms with E-state index in [0.717, 1.165) is 57.8 Å². The molecule has 3 fully saturated rings. The number of benzene rings is 2. The van der Waals surface area contributed by atoms with Gasteiger partial charge in [-0.25, -0.2) is 4.79 Å². The number of amides is 4. The minimum atomic E-state index is -0.754. The zero-order valence-corrected chi connectivity index (χ0v) is 29.0. The monoisotopic (exact) mass is 681 g/mol. The van der Waals surface area contributed by atoms with Gasteiger partial charge in [-0.3, -0.25) is 19.5 Å². The number of piperidine rings is 2. The summed E-state index contributed by atoms with van der Waals surface area (Å²) >= 11 is 0. The molecule has 264 valence electrons. The molecule has 5 heterocycles. The van der Waals surface area contributed by atoms with Crippen LogP contribution in [0.3, 0.4) is 0 Å². The van der Waals surface area contributed by atoms with E-state index in [4.69, 9.17) is 1.37 Å². The maximum Gasteiger partial charge on any atom is 0.318 e. The minimum Gasteiger partial charge on any atom is -0.341 e. The first kappa shape index (κ1) is 32.5. The summed E-state index contributed by atoms with van der Waals surface area (Å²) in [5.41, 5.74) is 4.36. The second-order valence-electron chi connectivity index (χ2n) is 14.6. The molecular weight excluding hydrogens is 632 g/mol. The molecule has 2 aromatic carbocycles. The Balaban J connectivity index is 1.03. The SMILES string of the molecule is [2H]CN[C@@H](C)C(=O)N1CCC2(CC1)CCN(C(=O)[C@@H](Cc1cc(C)c3[nH]ncc3c1)NC(=O)N1CCC(c3cc4ccccc4[nH]c3=O)CC1)C2. The molecule has 4 N–H and O–H groups in total. The third kappa shape index (κ3) is 6.73. The van der Waals surface area contributed by atoms with Gasteiger partial charge in [0, 0.05) is 63.5 Å². The van der Waals surface area contributed by atoms with E-state index < -0.39 is 6.04 Å². The van der Waals surface area contributed by atoms with Crippen molar-refractivity contribution in [2.75, 3.05) is 46.3 Å². The van der Waals surface area contributed by atoms with E-state index in [9.17, 15) is 19.2 Å². The highest BCUT2D eigenvalue weighted by Crippen LogP contribution is 2.41. The summed E-state index contributed by atoms with van der Waals surface area (Å²) in [5, 5.41) is 15.2. The number of carbonyl (C=O) groups is 3. The summed E-state index contributed by atoms with van der Waals surface area (Å²) in [6, 6.07) is 12.4. The molecule has 12 nitrogen and oxygen atoms in total. The molecule has 4 amide bonds. The van der Waals surface area contributed by atoms with E-state index in [1.54, 1.807) is 18.0 Å². The molecule has 0 saturated carbocycles. The zero-order chi connectivity index (χ0) is 35.7. The van der Waals surface area contributed by atoms with Crippen LogP contribution in [0.4, 0.5) is 4.79 Å². The quantitative estimate of drug-likeness (QED) is 0.234. The molecule has 0 aliphatic carbocycles. The van der Waals surface area contributed by atoms with Crippen LogP contribution < -0.4 is 16.2 Å². The molecule has 0 bridgehead atoms. The third-order valence-corrected chi connectivity index (χ3v) is 11.4. The number of rotatable bonds is 7. The normalized spacial score (nSPS) is 19.6. The van der Waals surface area contributed by atoms with Gasteiger partial charge >= 0.3 is 6.03 Å². The van der Waals surface area contributed by atoms with Crippen molar-refractivity contribution in [1.29, 1.82) is 0 Å². The number of hydrogen-bond acceptors (Lipinski definition) is 6. The van der Waals surface area contributed by atoms with Crippen molar-refractivity contribution in [1.82, 2.24) is 40.5 Å². The lowest BCUT2D eigenvalue weighted by Crippen LogP contribution is -2.54. The van der Waals surface area contributed by atoms with Gasteiger partial charge in [-0.15, -0.1) is 0 Å². The molecule has 0 radical (unpaired) electrons. The van der Waals surface area contributed by atoms with Crippen LogP contribution in [0.25, 0.3) is 21.8 Å². The van der Waals surface area contributed by atoms with E-state index in [1.165, 1.54) is 0 Å². The van der Waals surface area contributed by atoms with Crippen LogP contribution >= 0.6 is 0 Å². The number of aryl methyl sites for hydroxylation is 1. The number of fused-ring (bicyclic) bond motifs is 2. The highest BCUT2D eigenvalue weighted by molar-refractivity contribution is 5.88. The highest BCUT2D eigenvalue weighted by atomic mass is 16.2. The second-order valence-corrected chi connectivity index (χ2v) is 14.6. The molecule has 3 aliphatic heterocycles. The molecular formula is C38H48N8O4. The number of hydrogen-bond donors (Lipinski definition) is 4. The molecule has 7 rings (SSSR count). The number of likely N-dealkylation sites (N-methyl/N-ethyl adjacent to an activating group) is 1. The van der Waals surface area contributed by atoms with Crippen molar-refractivity contribution in [2.45, 2.75) is 70.4 Å². The maximum atomic E-state index is 14.4.